The van der Waals surface area contributed by atoms with E-state index in [1.807, 2.05) is 0 Å². The molecule has 0 aliphatic carbocycles. The molecule has 0 N–H and O–H groups in total. The van der Waals surface area contributed by atoms with Gasteiger partial charge in [0.1, 0.15) is 0 Å². The van der Waals surface area contributed by atoms with Gasteiger partial charge in [-0.3, -0.25) is 0 Å². The van der Waals surface area contributed by atoms with E-state index in [0.29, 0.717) is 5.41 Å². The van der Waals surface area contributed by atoms with Crippen LogP contribution >= 0.6 is 11.6 Å². The van der Waals surface area contributed by atoms with Gasteiger partial charge >= 0.3 is 0 Å². The molecule has 0 fully saturated rings. The molecule has 0 aliphatic rings. The molecular weight excluding hydrogens is 324 g/mol. The first-order valence-corrected chi connectivity index (χ1v) is 12.3. The Morgan fingerprint density at radius 2 is 0.720 bits per heavy atom. The van der Waals surface area contributed by atoms with Crippen LogP contribution in [0.2, 0.25) is 0 Å². The molecule has 0 aliphatic heterocycles. The average Bonchev–Trinajstić information content (AvgIpc) is 2.65. The molecule has 0 radical (unpaired) electrons. The predicted molar refractivity (Wildman–Crippen MR) is 118 cm³/mol. The van der Waals surface area contributed by atoms with Crippen molar-refractivity contribution in [1.82, 2.24) is 0 Å². The van der Waals surface area contributed by atoms with E-state index in [9.17, 15) is 0 Å². The van der Waals surface area contributed by atoms with Gasteiger partial charge in [-0.1, -0.05) is 130 Å². The lowest BCUT2D eigenvalue weighted by molar-refractivity contribution is 0.220. The van der Waals surface area contributed by atoms with E-state index in [2.05, 4.69) is 20.8 Å². The van der Waals surface area contributed by atoms with E-state index in [0.717, 1.165) is 5.88 Å². The van der Waals surface area contributed by atoms with Crippen molar-refractivity contribution in [2.24, 2.45) is 5.41 Å². The summed E-state index contributed by atoms with van der Waals surface area (Å²) >= 11 is 5.70. The van der Waals surface area contributed by atoms with Crippen LogP contribution in [0.1, 0.15) is 143 Å². The molecule has 0 aromatic heterocycles. The highest BCUT2D eigenvalue weighted by atomic mass is 35.5. The lowest BCUT2D eigenvalue weighted by atomic mass is 9.75. The molecule has 0 heterocycles. The van der Waals surface area contributed by atoms with Crippen molar-refractivity contribution in [1.29, 1.82) is 0 Å². The van der Waals surface area contributed by atoms with Crippen LogP contribution < -0.4 is 0 Å². The normalized spacial score (nSPS) is 12.0. The fraction of sp³-hybridized carbons (Fsp3) is 1.00. The van der Waals surface area contributed by atoms with Gasteiger partial charge in [-0.05, 0) is 18.3 Å². The summed E-state index contributed by atoms with van der Waals surface area (Å²) in [5.74, 6) is 0.844. The largest absolute Gasteiger partial charge is 0.127 e. The standard InChI is InChI=1S/C24H49Cl/c1-4-24(5-2,6-3)22-20-18-16-14-12-10-8-7-9-11-13-15-17-19-21-23-25/h4-23H2,1-3H3. The van der Waals surface area contributed by atoms with Crippen LogP contribution in [0.25, 0.3) is 0 Å². The minimum Gasteiger partial charge on any atom is -0.127 e. The van der Waals surface area contributed by atoms with Crippen molar-refractivity contribution < 1.29 is 0 Å². The minimum atomic E-state index is 0.657. The Bertz CT molecular complexity index is 236. The fourth-order valence-electron chi connectivity index (χ4n) is 4.17. The Kier molecular flexibility index (Phi) is 19.3. The Hall–Kier alpha value is 0.290. The molecule has 0 aromatic rings. The number of rotatable bonds is 20. The summed E-state index contributed by atoms with van der Waals surface area (Å²) in [6, 6.07) is 0. The summed E-state index contributed by atoms with van der Waals surface area (Å²) in [6.07, 6.45) is 27.0. The fourth-order valence-corrected chi connectivity index (χ4v) is 4.36. The monoisotopic (exact) mass is 372 g/mol. The Morgan fingerprint density at radius 3 is 1.00 bits per heavy atom. The van der Waals surface area contributed by atoms with Crippen LogP contribution in [0.3, 0.4) is 0 Å². The maximum atomic E-state index is 5.70. The van der Waals surface area contributed by atoms with Gasteiger partial charge in [0.25, 0.3) is 0 Å². The summed E-state index contributed by atoms with van der Waals surface area (Å²) in [6.45, 7) is 7.15. The van der Waals surface area contributed by atoms with Gasteiger partial charge < -0.3 is 0 Å². The average molecular weight is 373 g/mol. The van der Waals surface area contributed by atoms with Crippen LogP contribution in [-0.4, -0.2) is 5.88 Å². The quantitative estimate of drug-likeness (QED) is 0.147. The molecule has 0 amide bonds. The SMILES string of the molecule is CCC(CC)(CC)CCCCCCCCCCCCCCCCCCl. The van der Waals surface area contributed by atoms with Crippen molar-refractivity contribution in [3.63, 3.8) is 0 Å². The maximum Gasteiger partial charge on any atom is 0.0223 e. The zero-order chi connectivity index (χ0) is 18.6. The summed E-state index contributed by atoms with van der Waals surface area (Å²) in [7, 11) is 0. The van der Waals surface area contributed by atoms with E-state index in [1.54, 1.807) is 0 Å². The van der Waals surface area contributed by atoms with E-state index < -0.39 is 0 Å². The number of hydrogen-bond donors (Lipinski definition) is 0. The second-order valence-electron chi connectivity index (χ2n) is 8.30. The highest BCUT2D eigenvalue weighted by Gasteiger charge is 2.22. The van der Waals surface area contributed by atoms with Gasteiger partial charge in [-0.15, -0.1) is 11.6 Å². The van der Waals surface area contributed by atoms with Crippen molar-refractivity contribution >= 4 is 11.6 Å². The molecule has 1 heteroatoms. The highest BCUT2D eigenvalue weighted by molar-refractivity contribution is 6.17. The van der Waals surface area contributed by atoms with Crippen molar-refractivity contribution in [3.8, 4) is 0 Å². The number of alkyl halides is 1. The predicted octanol–water partition coefficient (Wildman–Crippen LogP) is 9.68. The highest BCUT2D eigenvalue weighted by Crippen LogP contribution is 2.36. The number of unbranched alkanes of at least 4 members (excludes halogenated alkanes) is 14. The molecule has 152 valence electrons. The number of hydrogen-bond acceptors (Lipinski definition) is 0. The second kappa shape index (κ2) is 19.1. The topological polar surface area (TPSA) is 0 Å². The summed E-state index contributed by atoms with van der Waals surface area (Å²) < 4.78 is 0. The van der Waals surface area contributed by atoms with Crippen LogP contribution in [-0.2, 0) is 0 Å². The first kappa shape index (κ1) is 25.3. The van der Waals surface area contributed by atoms with Crippen molar-refractivity contribution in [3.05, 3.63) is 0 Å². The Balaban J connectivity index is 3.21. The zero-order valence-electron chi connectivity index (χ0n) is 18.0. The minimum absolute atomic E-state index is 0.657. The smallest absolute Gasteiger partial charge is 0.0223 e. The van der Waals surface area contributed by atoms with Gasteiger partial charge in [0.15, 0.2) is 0 Å². The van der Waals surface area contributed by atoms with Crippen molar-refractivity contribution in [2.75, 3.05) is 5.88 Å². The zero-order valence-corrected chi connectivity index (χ0v) is 18.8. The maximum absolute atomic E-state index is 5.70. The third-order valence-electron chi connectivity index (χ3n) is 6.59. The van der Waals surface area contributed by atoms with E-state index in [-0.39, 0.29) is 0 Å². The molecular formula is C24H49Cl. The van der Waals surface area contributed by atoms with Crippen LogP contribution in [0.15, 0.2) is 0 Å². The summed E-state index contributed by atoms with van der Waals surface area (Å²) in [4.78, 5) is 0. The first-order chi connectivity index (χ1) is 12.2. The van der Waals surface area contributed by atoms with E-state index in [1.165, 1.54) is 122 Å². The second-order valence-corrected chi connectivity index (χ2v) is 8.68. The molecule has 0 saturated carbocycles. The molecule has 0 spiro atoms. The van der Waals surface area contributed by atoms with Gasteiger partial charge in [0.2, 0.25) is 0 Å². The lowest BCUT2D eigenvalue weighted by Crippen LogP contribution is -2.17. The third-order valence-corrected chi connectivity index (χ3v) is 6.86. The van der Waals surface area contributed by atoms with Gasteiger partial charge in [0.05, 0.1) is 0 Å². The third kappa shape index (κ3) is 15.1. The summed E-state index contributed by atoms with van der Waals surface area (Å²) in [5, 5.41) is 0. The van der Waals surface area contributed by atoms with E-state index >= 15 is 0 Å². The van der Waals surface area contributed by atoms with Crippen LogP contribution in [0.4, 0.5) is 0 Å². The lowest BCUT2D eigenvalue weighted by Gasteiger charge is -2.30. The molecule has 25 heavy (non-hydrogen) atoms. The first-order valence-electron chi connectivity index (χ1n) is 11.8. The molecule has 0 nitrogen and oxygen atoms in total. The van der Waals surface area contributed by atoms with Gasteiger partial charge in [-0.25, -0.2) is 0 Å². The molecule has 0 unspecified atom stereocenters. The molecule has 0 bridgehead atoms. The van der Waals surface area contributed by atoms with Crippen LogP contribution in [0.5, 0.6) is 0 Å². The summed E-state index contributed by atoms with van der Waals surface area (Å²) in [5.41, 5.74) is 0.657. The van der Waals surface area contributed by atoms with Gasteiger partial charge in [-0.2, -0.15) is 0 Å². The Labute approximate surface area is 165 Å². The molecule has 0 atom stereocenters. The molecule has 0 aromatic carbocycles. The molecule has 0 rings (SSSR count). The van der Waals surface area contributed by atoms with Crippen LogP contribution in [0, 0.1) is 5.41 Å². The van der Waals surface area contributed by atoms with E-state index in [4.69, 9.17) is 11.6 Å². The van der Waals surface area contributed by atoms with Gasteiger partial charge in [0, 0.05) is 5.88 Å². The van der Waals surface area contributed by atoms with Crippen molar-refractivity contribution in [2.45, 2.75) is 143 Å². The Morgan fingerprint density at radius 1 is 0.440 bits per heavy atom. The number of halogens is 1. The molecule has 0 saturated heterocycles.